The lowest BCUT2D eigenvalue weighted by atomic mass is 10.00. The molecule has 10 heteroatoms. The van der Waals surface area contributed by atoms with E-state index in [0.717, 1.165) is 45.6 Å². The Balaban J connectivity index is 1.69. The molecule has 0 atom stereocenters. The minimum absolute atomic E-state index is 0.0814. The molecule has 0 saturated heterocycles. The molecule has 45 heavy (non-hydrogen) atoms. The molecule has 2 heterocycles. The molecule has 0 aliphatic rings. The maximum absolute atomic E-state index is 13.4. The third kappa shape index (κ3) is 6.83. The van der Waals surface area contributed by atoms with Gasteiger partial charge in [-0.3, -0.25) is 4.79 Å². The number of hydrogen-bond donors (Lipinski definition) is 3. The average molecular weight is 631 g/mol. The zero-order chi connectivity index (χ0) is 32.2. The van der Waals surface area contributed by atoms with Crippen LogP contribution in [-0.2, 0) is 30.8 Å². The lowest BCUT2D eigenvalue weighted by Crippen LogP contribution is -2.16. The summed E-state index contributed by atoms with van der Waals surface area (Å²) in [5.41, 5.74) is 7.12. The number of aliphatic hydroxyl groups is 1. The molecule has 0 bridgehead atoms. The Labute approximate surface area is 264 Å². The lowest BCUT2D eigenvalue weighted by Gasteiger charge is -2.17. The fraction of sp³-hybridized carbons (Fsp3) is 0.286. The van der Waals surface area contributed by atoms with Crippen molar-refractivity contribution in [2.45, 2.75) is 40.5 Å². The number of thiol groups is 1. The van der Waals surface area contributed by atoms with Crippen molar-refractivity contribution >= 4 is 21.9 Å². The Bertz CT molecular complexity index is 1970. The SMILES string of the molecule is CCc1cccc(C)c1Oc1ccc(CCN[SH](=O)=O)cc1-c1cn(C)c(=O)c2cc(-c3cc(C)c(OCCO)c(C)c3)oc12. The lowest BCUT2D eigenvalue weighted by molar-refractivity contribution is 0.200. The number of furan rings is 1. The van der Waals surface area contributed by atoms with Gasteiger partial charge in [-0.05, 0) is 91.8 Å². The summed E-state index contributed by atoms with van der Waals surface area (Å²) in [6.07, 6.45) is 3.00. The second-order valence-corrected chi connectivity index (χ2v) is 11.9. The maximum Gasteiger partial charge on any atom is 0.261 e. The highest BCUT2D eigenvalue weighted by molar-refractivity contribution is 7.70. The predicted molar refractivity (Wildman–Crippen MR) is 177 cm³/mol. The summed E-state index contributed by atoms with van der Waals surface area (Å²) in [5, 5.41) is 9.63. The highest BCUT2D eigenvalue weighted by atomic mass is 32.2. The van der Waals surface area contributed by atoms with Gasteiger partial charge in [0.25, 0.3) is 5.56 Å². The Hall–Kier alpha value is -4.38. The molecule has 9 nitrogen and oxygen atoms in total. The molecule has 0 aliphatic heterocycles. The van der Waals surface area contributed by atoms with Crippen molar-refractivity contribution in [1.82, 2.24) is 9.29 Å². The van der Waals surface area contributed by atoms with Gasteiger partial charge in [0.1, 0.15) is 35.2 Å². The van der Waals surface area contributed by atoms with Crippen LogP contribution in [-0.4, -0.2) is 37.8 Å². The molecule has 236 valence electrons. The van der Waals surface area contributed by atoms with Crippen molar-refractivity contribution in [3.05, 3.63) is 99.0 Å². The van der Waals surface area contributed by atoms with Crippen molar-refractivity contribution in [2.24, 2.45) is 7.05 Å². The van der Waals surface area contributed by atoms with Gasteiger partial charge >= 0.3 is 0 Å². The summed E-state index contributed by atoms with van der Waals surface area (Å²) < 4.78 is 45.1. The first-order valence-electron chi connectivity index (χ1n) is 14.9. The highest BCUT2D eigenvalue weighted by Gasteiger charge is 2.21. The molecule has 3 aromatic carbocycles. The molecule has 0 amide bonds. The van der Waals surface area contributed by atoms with E-state index in [4.69, 9.17) is 13.9 Å². The second kappa shape index (κ2) is 13.7. The number of para-hydroxylation sites is 1. The van der Waals surface area contributed by atoms with E-state index >= 15 is 0 Å². The summed E-state index contributed by atoms with van der Waals surface area (Å²) in [5.74, 6) is 2.59. The third-order valence-electron chi connectivity index (χ3n) is 7.81. The van der Waals surface area contributed by atoms with Crippen LogP contribution in [0.2, 0.25) is 0 Å². The molecule has 0 saturated carbocycles. The van der Waals surface area contributed by atoms with Crippen LogP contribution >= 0.6 is 0 Å². The van der Waals surface area contributed by atoms with Gasteiger partial charge in [-0.25, -0.2) is 13.1 Å². The van der Waals surface area contributed by atoms with Crippen molar-refractivity contribution < 1.29 is 27.4 Å². The number of aliphatic hydroxyl groups excluding tert-OH is 1. The summed E-state index contributed by atoms with van der Waals surface area (Å²) in [7, 11) is -1.00. The van der Waals surface area contributed by atoms with E-state index in [-0.39, 0.29) is 25.3 Å². The molecule has 0 aliphatic carbocycles. The van der Waals surface area contributed by atoms with E-state index in [9.17, 15) is 18.3 Å². The molecule has 0 unspecified atom stereocenters. The largest absolute Gasteiger partial charge is 0.491 e. The summed E-state index contributed by atoms with van der Waals surface area (Å²) in [6.45, 7) is 8.31. The summed E-state index contributed by atoms with van der Waals surface area (Å²) in [4.78, 5) is 13.4. The van der Waals surface area contributed by atoms with Crippen molar-refractivity contribution in [3.8, 4) is 39.7 Å². The Morgan fingerprint density at radius 2 is 1.71 bits per heavy atom. The van der Waals surface area contributed by atoms with Crippen molar-refractivity contribution in [1.29, 1.82) is 0 Å². The number of benzene rings is 3. The number of pyridine rings is 1. The smallest absolute Gasteiger partial charge is 0.261 e. The highest BCUT2D eigenvalue weighted by Crippen LogP contribution is 2.41. The van der Waals surface area contributed by atoms with E-state index in [1.807, 2.05) is 69.3 Å². The number of aryl methyl sites for hydroxylation is 5. The first-order valence-corrected chi connectivity index (χ1v) is 16.0. The van der Waals surface area contributed by atoms with Gasteiger partial charge < -0.3 is 23.6 Å². The molecule has 0 spiro atoms. The van der Waals surface area contributed by atoms with Gasteiger partial charge in [0.15, 0.2) is 0 Å². The Kier molecular flexibility index (Phi) is 9.77. The summed E-state index contributed by atoms with van der Waals surface area (Å²) in [6, 6.07) is 17.5. The van der Waals surface area contributed by atoms with E-state index in [1.54, 1.807) is 19.3 Å². The van der Waals surface area contributed by atoms with Crippen LogP contribution < -0.4 is 19.8 Å². The minimum Gasteiger partial charge on any atom is -0.491 e. The van der Waals surface area contributed by atoms with Gasteiger partial charge in [-0.1, -0.05) is 31.2 Å². The zero-order valence-electron chi connectivity index (χ0n) is 26.1. The predicted octanol–water partition coefficient (Wildman–Crippen LogP) is 5.78. The third-order valence-corrected chi connectivity index (χ3v) is 8.29. The average Bonchev–Trinajstić information content (AvgIpc) is 3.46. The summed E-state index contributed by atoms with van der Waals surface area (Å²) >= 11 is 0. The van der Waals surface area contributed by atoms with Crippen LogP contribution in [0.5, 0.6) is 17.2 Å². The number of hydrogen-bond acceptors (Lipinski definition) is 7. The van der Waals surface area contributed by atoms with Crippen LogP contribution in [0.1, 0.15) is 34.7 Å². The molecule has 0 fully saturated rings. The van der Waals surface area contributed by atoms with Gasteiger partial charge in [0.2, 0.25) is 10.9 Å². The monoisotopic (exact) mass is 630 g/mol. The van der Waals surface area contributed by atoms with Crippen molar-refractivity contribution in [3.63, 3.8) is 0 Å². The number of ether oxygens (including phenoxy) is 2. The van der Waals surface area contributed by atoms with Crippen LogP contribution in [0, 0.1) is 20.8 Å². The van der Waals surface area contributed by atoms with E-state index < -0.39 is 10.9 Å². The van der Waals surface area contributed by atoms with Crippen molar-refractivity contribution in [2.75, 3.05) is 19.8 Å². The standard InChI is InChI=1S/C35H38N2O7S/c1-6-25-9-7-8-21(2)33(25)43-30-11-10-24(12-13-36-45(40)41)18-27(30)29-20-37(5)35(39)28-19-31(44-34(28)29)26-16-22(3)32(23(4)17-26)42-15-14-38/h7-11,16-20,38,45H,6,12-15H2,1-5H3,(H,36,40,41). The van der Waals surface area contributed by atoms with Gasteiger partial charge in [0, 0.05) is 36.5 Å². The number of aromatic nitrogens is 1. The van der Waals surface area contributed by atoms with Crippen LogP contribution in [0.3, 0.4) is 0 Å². The van der Waals surface area contributed by atoms with Gasteiger partial charge in [0.05, 0.1) is 12.0 Å². The van der Waals surface area contributed by atoms with Gasteiger partial charge in [-0.15, -0.1) is 0 Å². The number of fused-ring (bicyclic) bond motifs is 1. The fourth-order valence-corrected chi connectivity index (χ4v) is 5.92. The van der Waals surface area contributed by atoms with E-state index in [0.29, 0.717) is 45.8 Å². The topological polar surface area (TPSA) is 120 Å². The van der Waals surface area contributed by atoms with Gasteiger partial charge in [-0.2, -0.15) is 0 Å². The molecule has 0 radical (unpaired) electrons. The minimum atomic E-state index is -2.71. The first-order chi connectivity index (χ1) is 21.6. The normalized spacial score (nSPS) is 11.4. The zero-order valence-corrected chi connectivity index (χ0v) is 27.0. The fourth-order valence-electron chi connectivity index (χ4n) is 5.62. The maximum atomic E-state index is 13.4. The van der Waals surface area contributed by atoms with E-state index in [2.05, 4.69) is 11.6 Å². The Morgan fingerprint density at radius 1 is 0.956 bits per heavy atom. The van der Waals surface area contributed by atoms with Crippen LogP contribution in [0.25, 0.3) is 33.4 Å². The Morgan fingerprint density at radius 3 is 2.40 bits per heavy atom. The second-order valence-electron chi connectivity index (χ2n) is 11.1. The quantitative estimate of drug-likeness (QED) is 0.150. The van der Waals surface area contributed by atoms with Crippen LogP contribution in [0.4, 0.5) is 0 Å². The number of rotatable bonds is 12. The molecule has 2 aromatic heterocycles. The molecule has 5 rings (SSSR count). The number of nitrogens with zero attached hydrogens (tertiary/aromatic N) is 1. The number of nitrogens with one attached hydrogen (secondary N) is 1. The molecule has 5 aromatic rings. The van der Waals surface area contributed by atoms with Crippen LogP contribution in [0.15, 0.2) is 70.0 Å². The molecular formula is C35H38N2O7S. The molecular weight excluding hydrogens is 592 g/mol. The van der Waals surface area contributed by atoms with E-state index in [1.165, 1.54) is 4.57 Å². The first kappa shape index (κ1) is 32.0. The molecule has 2 N–H and O–H groups in total.